The van der Waals surface area contributed by atoms with Gasteiger partial charge in [0.2, 0.25) is 0 Å². The van der Waals surface area contributed by atoms with Gasteiger partial charge in [0, 0.05) is 23.0 Å². The van der Waals surface area contributed by atoms with Gasteiger partial charge >= 0.3 is 0 Å². The lowest BCUT2D eigenvalue weighted by atomic mass is 9.93. The van der Waals surface area contributed by atoms with Gasteiger partial charge in [-0.15, -0.1) is 0 Å². The van der Waals surface area contributed by atoms with Gasteiger partial charge in [-0.25, -0.2) is 19.4 Å². The zero-order chi connectivity index (χ0) is 27.4. The molecule has 7 rings (SSSR count). The summed E-state index contributed by atoms with van der Waals surface area (Å²) in [4.78, 5) is 16.8. The first kappa shape index (κ1) is 24.0. The molecule has 3 aromatic carbocycles. The minimum Gasteiger partial charge on any atom is -0.337 e. The Balaban J connectivity index is 1.50. The van der Waals surface area contributed by atoms with Crippen LogP contribution in [0.4, 0.5) is 27.3 Å². The van der Waals surface area contributed by atoms with Crippen molar-refractivity contribution in [1.82, 2.24) is 14.8 Å². The summed E-state index contributed by atoms with van der Waals surface area (Å²) in [5, 5.41) is 8.36. The summed E-state index contributed by atoms with van der Waals surface area (Å²) in [6, 6.07) is 26.1. The molecule has 0 radical (unpaired) electrons. The predicted octanol–water partition coefficient (Wildman–Crippen LogP) is 7.13. The lowest BCUT2D eigenvalue weighted by molar-refractivity contribution is 0.597. The Morgan fingerprint density at radius 1 is 0.825 bits per heavy atom. The molecule has 5 aromatic rings. The van der Waals surface area contributed by atoms with Crippen LogP contribution in [0, 0.1) is 26.6 Å². The maximum Gasteiger partial charge on any atom is 0.179 e. The summed E-state index contributed by atoms with van der Waals surface area (Å²) in [6.07, 6.45) is 1.72. The van der Waals surface area contributed by atoms with Gasteiger partial charge in [0.25, 0.3) is 0 Å². The molecule has 0 amide bonds. The second-order valence-electron chi connectivity index (χ2n) is 10.0. The second-order valence-corrected chi connectivity index (χ2v) is 10.0. The molecule has 4 heterocycles. The average molecular weight is 528 g/mol. The highest BCUT2D eigenvalue weighted by Gasteiger charge is 2.42. The lowest BCUT2D eigenvalue weighted by Crippen LogP contribution is -2.46. The summed E-state index contributed by atoms with van der Waals surface area (Å²) in [6.45, 7) is 6.10. The number of aliphatic imine (C=N–C) groups is 2. The van der Waals surface area contributed by atoms with Crippen molar-refractivity contribution in [3.8, 4) is 5.82 Å². The first-order valence-corrected chi connectivity index (χ1v) is 13.2. The van der Waals surface area contributed by atoms with Gasteiger partial charge in [-0.2, -0.15) is 9.78 Å². The zero-order valence-corrected chi connectivity index (χ0v) is 22.3. The predicted molar refractivity (Wildman–Crippen MR) is 157 cm³/mol. The number of nitrogens with one attached hydrogen (secondary N) is 1. The molecule has 0 bridgehead atoms. The number of aromatic nitrogens is 3. The van der Waals surface area contributed by atoms with E-state index in [0.29, 0.717) is 28.9 Å². The Kier molecular flexibility index (Phi) is 5.55. The number of pyridine rings is 1. The van der Waals surface area contributed by atoms with Crippen LogP contribution in [0.5, 0.6) is 0 Å². The largest absolute Gasteiger partial charge is 0.337 e. The van der Waals surface area contributed by atoms with E-state index in [1.54, 1.807) is 16.9 Å². The van der Waals surface area contributed by atoms with E-state index in [2.05, 4.69) is 41.2 Å². The summed E-state index contributed by atoms with van der Waals surface area (Å²) >= 11 is 0. The van der Waals surface area contributed by atoms with Crippen LogP contribution in [-0.4, -0.2) is 26.4 Å². The third-order valence-corrected chi connectivity index (χ3v) is 7.47. The van der Waals surface area contributed by atoms with E-state index >= 15 is 4.39 Å². The quantitative estimate of drug-likeness (QED) is 0.271. The van der Waals surface area contributed by atoms with Crippen LogP contribution in [0.1, 0.15) is 34.0 Å². The lowest BCUT2D eigenvalue weighted by Gasteiger charge is -2.40. The molecule has 2 aromatic heterocycles. The summed E-state index contributed by atoms with van der Waals surface area (Å²) in [5.74, 6) is 2.09. The number of benzene rings is 3. The number of nitrogens with zero attached hydrogens (tertiary/aromatic N) is 6. The highest BCUT2D eigenvalue weighted by molar-refractivity contribution is 6.51. The molecule has 1 N–H and O–H groups in total. The highest BCUT2D eigenvalue weighted by Crippen LogP contribution is 2.48. The van der Waals surface area contributed by atoms with Crippen LogP contribution >= 0.6 is 0 Å². The summed E-state index contributed by atoms with van der Waals surface area (Å²) < 4.78 is 17.4. The monoisotopic (exact) mass is 527 g/mol. The second kappa shape index (κ2) is 9.27. The molecule has 0 aliphatic carbocycles. The fraction of sp³-hybridized carbons (Fsp3) is 0.125. The molecule has 2 aliphatic heterocycles. The number of para-hydroxylation sites is 2. The van der Waals surface area contributed by atoms with E-state index in [9.17, 15) is 0 Å². The number of halogens is 1. The number of hydrogen-bond donors (Lipinski definition) is 1. The van der Waals surface area contributed by atoms with Gasteiger partial charge in [-0.3, -0.25) is 0 Å². The third-order valence-electron chi connectivity index (χ3n) is 7.47. The molecule has 0 saturated carbocycles. The number of fused-ring (bicyclic) bond motifs is 4. The summed E-state index contributed by atoms with van der Waals surface area (Å²) in [7, 11) is 0. The Morgan fingerprint density at radius 2 is 1.62 bits per heavy atom. The van der Waals surface area contributed by atoms with E-state index in [1.165, 1.54) is 17.2 Å². The fourth-order valence-electron chi connectivity index (χ4n) is 5.38. The maximum atomic E-state index is 15.6. The van der Waals surface area contributed by atoms with Crippen molar-refractivity contribution in [2.75, 3.05) is 10.2 Å². The third kappa shape index (κ3) is 3.79. The van der Waals surface area contributed by atoms with Crippen molar-refractivity contribution >= 4 is 34.6 Å². The van der Waals surface area contributed by atoms with Gasteiger partial charge < -0.3 is 10.2 Å². The van der Waals surface area contributed by atoms with E-state index in [-0.39, 0.29) is 5.82 Å². The molecular weight excluding hydrogens is 501 g/mol. The number of aryl methyl sites for hydroxylation is 3. The summed E-state index contributed by atoms with van der Waals surface area (Å²) in [5.41, 5.74) is 6.98. The van der Waals surface area contributed by atoms with Crippen molar-refractivity contribution in [1.29, 1.82) is 0 Å². The first-order chi connectivity index (χ1) is 19.5. The molecule has 1 unspecified atom stereocenters. The van der Waals surface area contributed by atoms with Crippen molar-refractivity contribution in [3.05, 3.63) is 125 Å². The number of hydrogen-bond acceptors (Lipinski definition) is 6. The van der Waals surface area contributed by atoms with Crippen molar-refractivity contribution in [2.24, 2.45) is 9.98 Å². The van der Waals surface area contributed by atoms with E-state index in [4.69, 9.17) is 15.1 Å². The van der Waals surface area contributed by atoms with Gasteiger partial charge in [0.15, 0.2) is 23.3 Å². The van der Waals surface area contributed by atoms with E-state index in [1.807, 2.05) is 67.6 Å². The Morgan fingerprint density at radius 3 is 2.42 bits per heavy atom. The minimum absolute atomic E-state index is 0.298. The molecule has 7 nitrogen and oxygen atoms in total. The first-order valence-electron chi connectivity index (χ1n) is 13.2. The molecule has 2 aliphatic rings. The van der Waals surface area contributed by atoms with Crippen molar-refractivity contribution in [2.45, 2.75) is 26.8 Å². The number of rotatable bonds is 3. The molecule has 0 spiro atoms. The normalized spacial score (nSPS) is 15.5. The van der Waals surface area contributed by atoms with Crippen molar-refractivity contribution < 1.29 is 4.39 Å². The zero-order valence-electron chi connectivity index (χ0n) is 22.3. The molecule has 8 heteroatoms. The fourth-order valence-corrected chi connectivity index (χ4v) is 5.38. The SMILES string of the molecule is Cc1ccc(NC2=Nc3ccccc3N3C2=Nc2c(c(C)nn2-c2ccccn2)C3c2ccccc2F)cc1C. The average Bonchev–Trinajstić information content (AvgIpc) is 3.31. The van der Waals surface area contributed by atoms with Gasteiger partial charge in [0.05, 0.1) is 23.1 Å². The molecular formula is C32H26FN7. The molecule has 1 atom stereocenters. The van der Waals surface area contributed by atoms with Gasteiger partial charge in [0.1, 0.15) is 5.82 Å². The van der Waals surface area contributed by atoms with E-state index in [0.717, 1.165) is 28.3 Å². The van der Waals surface area contributed by atoms with Crippen LogP contribution in [0.15, 0.2) is 101 Å². The van der Waals surface area contributed by atoms with Crippen LogP contribution in [0.25, 0.3) is 5.82 Å². The van der Waals surface area contributed by atoms with Crippen LogP contribution in [0.3, 0.4) is 0 Å². The number of amidine groups is 2. The smallest absolute Gasteiger partial charge is 0.179 e. The van der Waals surface area contributed by atoms with E-state index < -0.39 is 6.04 Å². The molecule has 40 heavy (non-hydrogen) atoms. The topological polar surface area (TPSA) is 70.7 Å². The Hall–Kier alpha value is -5.11. The van der Waals surface area contributed by atoms with Gasteiger partial charge in [-0.05, 0) is 74.4 Å². The molecule has 196 valence electrons. The maximum absolute atomic E-state index is 15.6. The highest BCUT2D eigenvalue weighted by atomic mass is 19.1. The van der Waals surface area contributed by atoms with Crippen LogP contribution in [-0.2, 0) is 0 Å². The van der Waals surface area contributed by atoms with Crippen LogP contribution in [0.2, 0.25) is 0 Å². The van der Waals surface area contributed by atoms with Gasteiger partial charge in [-0.1, -0.05) is 42.5 Å². The molecule has 0 fully saturated rings. The standard InChI is InChI=1S/C32H26FN7/c1-19-15-16-22(18-20(19)2)35-30-32-37-31-28(21(3)38-40(31)27-14-8-9-17-34-27)29(23-10-4-5-11-24(23)33)39(32)26-13-7-6-12-25(26)36-30/h4-18,29H,1-3H3,(H,35,36). The van der Waals surface area contributed by atoms with Crippen molar-refractivity contribution in [3.63, 3.8) is 0 Å². The minimum atomic E-state index is -0.533. The van der Waals surface area contributed by atoms with Crippen LogP contribution < -0.4 is 10.2 Å². The molecule has 0 saturated heterocycles. The Bertz CT molecular complexity index is 1840. The Labute approximate surface area is 231 Å². The number of anilines is 2.